The molecule has 0 bridgehead atoms. The van der Waals surface area contributed by atoms with Crippen LogP contribution in [-0.2, 0) is 15.3 Å². The van der Waals surface area contributed by atoms with Crippen LogP contribution < -0.4 is 10.6 Å². The first-order valence-corrected chi connectivity index (χ1v) is 9.74. The van der Waals surface area contributed by atoms with Gasteiger partial charge in [0.2, 0.25) is 17.0 Å². The predicted octanol–water partition coefficient (Wildman–Crippen LogP) is 2.80. The van der Waals surface area contributed by atoms with Crippen LogP contribution in [0.25, 0.3) is 0 Å². The summed E-state index contributed by atoms with van der Waals surface area (Å²) in [6.45, 7) is 1.91. The van der Waals surface area contributed by atoms with Crippen molar-refractivity contribution < 1.29 is 9.59 Å². The van der Waals surface area contributed by atoms with Gasteiger partial charge in [-0.05, 0) is 30.2 Å². The summed E-state index contributed by atoms with van der Waals surface area (Å²) in [4.78, 5) is 33.3. The van der Waals surface area contributed by atoms with Crippen LogP contribution in [0.15, 0.2) is 53.8 Å². The molecule has 0 unspecified atom stereocenters. The van der Waals surface area contributed by atoms with Crippen molar-refractivity contribution in [3.8, 4) is 0 Å². The van der Waals surface area contributed by atoms with E-state index in [0.29, 0.717) is 16.7 Å². The zero-order valence-corrected chi connectivity index (χ0v) is 15.9. The van der Waals surface area contributed by atoms with Gasteiger partial charge in [-0.25, -0.2) is 9.67 Å². The van der Waals surface area contributed by atoms with Gasteiger partial charge in [-0.1, -0.05) is 42.1 Å². The molecule has 4 rings (SSSR count). The van der Waals surface area contributed by atoms with Crippen molar-refractivity contribution in [3.05, 3.63) is 59.8 Å². The van der Waals surface area contributed by atoms with Crippen LogP contribution in [0.3, 0.4) is 0 Å². The van der Waals surface area contributed by atoms with Crippen LogP contribution in [0, 0.1) is 6.92 Å². The van der Waals surface area contributed by atoms with Crippen molar-refractivity contribution >= 4 is 35.3 Å². The van der Waals surface area contributed by atoms with Crippen molar-refractivity contribution in [2.45, 2.75) is 30.3 Å². The maximum absolute atomic E-state index is 12.7. The monoisotopic (exact) mass is 394 g/mol. The van der Waals surface area contributed by atoms with Crippen LogP contribution in [0.5, 0.6) is 0 Å². The highest BCUT2D eigenvalue weighted by molar-refractivity contribution is 7.98. The number of fused-ring (bicyclic) bond motifs is 1. The molecule has 3 aromatic rings. The number of benzene rings is 1. The Morgan fingerprint density at radius 3 is 2.93 bits per heavy atom. The summed E-state index contributed by atoms with van der Waals surface area (Å²) >= 11 is 1.45. The van der Waals surface area contributed by atoms with Gasteiger partial charge in [0.05, 0.1) is 6.42 Å². The molecule has 0 radical (unpaired) electrons. The van der Waals surface area contributed by atoms with Gasteiger partial charge in [0, 0.05) is 11.9 Å². The number of hydrogen-bond donors (Lipinski definition) is 2. The molecule has 2 aromatic heterocycles. The number of aromatic nitrogens is 4. The van der Waals surface area contributed by atoms with Gasteiger partial charge in [0.1, 0.15) is 11.9 Å². The molecular weight excluding hydrogens is 376 g/mol. The summed E-state index contributed by atoms with van der Waals surface area (Å²) in [6.07, 6.45) is 1.62. The number of aryl methyl sites for hydroxylation is 1. The Bertz CT molecular complexity index is 1020. The summed E-state index contributed by atoms with van der Waals surface area (Å²) in [5.41, 5.74) is 2.12. The minimum absolute atomic E-state index is 0.00317. The maximum atomic E-state index is 12.7. The highest BCUT2D eigenvalue weighted by Crippen LogP contribution is 2.28. The fourth-order valence-corrected chi connectivity index (χ4v) is 3.63. The molecule has 0 fully saturated rings. The molecule has 0 saturated carbocycles. The van der Waals surface area contributed by atoms with E-state index in [1.54, 1.807) is 12.3 Å². The topological polar surface area (TPSA) is 102 Å². The molecule has 1 aliphatic heterocycles. The van der Waals surface area contributed by atoms with Gasteiger partial charge in [-0.2, -0.15) is 4.98 Å². The number of pyridine rings is 1. The smallest absolute Gasteiger partial charge is 0.251 e. The first-order chi connectivity index (χ1) is 13.6. The number of hydrogen-bond acceptors (Lipinski definition) is 6. The number of thioether (sulfide) groups is 1. The standard InChI is InChI=1S/C19H18N6O2S/c1-12-7-8-20-15(9-12)21-17(27)14-10-16(26)22-18-23-19(24-25(14)18)28-11-13-5-3-2-4-6-13/h2-9,14H,10-11H2,1H3,(H,20,21,27)(H,22,23,24,26)/t14-/m0/s1. The summed E-state index contributed by atoms with van der Waals surface area (Å²) in [5.74, 6) is 0.804. The van der Waals surface area contributed by atoms with E-state index in [4.69, 9.17) is 0 Å². The van der Waals surface area contributed by atoms with Gasteiger partial charge in [0.15, 0.2) is 0 Å². The number of nitrogens with zero attached hydrogens (tertiary/aromatic N) is 4. The van der Waals surface area contributed by atoms with Crippen molar-refractivity contribution in [2.24, 2.45) is 0 Å². The molecule has 1 aliphatic rings. The van der Waals surface area contributed by atoms with Crippen LogP contribution >= 0.6 is 11.8 Å². The Labute approximate surface area is 165 Å². The van der Waals surface area contributed by atoms with Crippen LogP contribution in [0.2, 0.25) is 0 Å². The largest absolute Gasteiger partial charge is 0.309 e. The first-order valence-electron chi connectivity index (χ1n) is 8.75. The van der Waals surface area contributed by atoms with Crippen molar-refractivity contribution in [1.82, 2.24) is 19.7 Å². The third-order valence-corrected chi connectivity index (χ3v) is 5.13. The van der Waals surface area contributed by atoms with E-state index in [9.17, 15) is 9.59 Å². The van der Waals surface area contributed by atoms with E-state index < -0.39 is 6.04 Å². The molecule has 9 heteroatoms. The third kappa shape index (κ3) is 4.04. The maximum Gasteiger partial charge on any atom is 0.251 e. The molecule has 3 heterocycles. The highest BCUT2D eigenvalue weighted by Gasteiger charge is 2.33. The molecular formula is C19H18N6O2S. The quantitative estimate of drug-likeness (QED) is 0.645. The normalized spacial score (nSPS) is 15.6. The lowest BCUT2D eigenvalue weighted by Crippen LogP contribution is -2.36. The zero-order valence-electron chi connectivity index (χ0n) is 15.1. The van der Waals surface area contributed by atoms with E-state index >= 15 is 0 Å². The second kappa shape index (κ2) is 7.81. The molecule has 0 saturated heterocycles. The second-order valence-electron chi connectivity index (χ2n) is 6.41. The predicted molar refractivity (Wildman–Crippen MR) is 106 cm³/mol. The molecule has 1 atom stereocenters. The van der Waals surface area contributed by atoms with Crippen LogP contribution in [0.4, 0.5) is 11.8 Å². The minimum Gasteiger partial charge on any atom is -0.309 e. The van der Waals surface area contributed by atoms with Crippen LogP contribution in [0.1, 0.15) is 23.6 Å². The average molecular weight is 394 g/mol. The summed E-state index contributed by atoms with van der Waals surface area (Å²) in [6, 6.07) is 12.8. The lowest BCUT2D eigenvalue weighted by Gasteiger charge is -2.22. The van der Waals surface area contributed by atoms with Gasteiger partial charge in [-0.15, -0.1) is 5.10 Å². The number of amides is 2. The lowest BCUT2D eigenvalue weighted by atomic mass is 10.1. The fraction of sp³-hybridized carbons (Fsp3) is 0.211. The average Bonchev–Trinajstić information content (AvgIpc) is 3.09. The summed E-state index contributed by atoms with van der Waals surface area (Å²) in [7, 11) is 0. The molecule has 0 aliphatic carbocycles. The second-order valence-corrected chi connectivity index (χ2v) is 7.36. The number of carbonyl (C=O) groups excluding carboxylic acids is 2. The third-order valence-electron chi connectivity index (χ3n) is 4.22. The Balaban J connectivity index is 1.52. The number of carbonyl (C=O) groups is 2. The van der Waals surface area contributed by atoms with E-state index in [2.05, 4.69) is 25.7 Å². The van der Waals surface area contributed by atoms with Crippen molar-refractivity contribution in [3.63, 3.8) is 0 Å². The SMILES string of the molecule is Cc1ccnc(NC(=O)[C@@H]2CC(=O)Nc3nc(SCc4ccccc4)nn32)c1. The van der Waals surface area contributed by atoms with Gasteiger partial charge < -0.3 is 5.32 Å². The number of nitrogens with one attached hydrogen (secondary N) is 2. The van der Waals surface area contributed by atoms with E-state index in [-0.39, 0.29) is 24.2 Å². The first kappa shape index (κ1) is 18.2. The zero-order chi connectivity index (χ0) is 19.5. The summed E-state index contributed by atoms with van der Waals surface area (Å²) < 4.78 is 1.47. The van der Waals surface area contributed by atoms with Crippen LogP contribution in [-0.4, -0.2) is 31.6 Å². The minimum atomic E-state index is -0.773. The molecule has 2 amide bonds. The van der Waals surface area contributed by atoms with Gasteiger partial charge in [-0.3, -0.25) is 14.9 Å². The van der Waals surface area contributed by atoms with E-state index in [0.717, 1.165) is 11.1 Å². The molecule has 28 heavy (non-hydrogen) atoms. The van der Waals surface area contributed by atoms with Crippen molar-refractivity contribution in [1.29, 1.82) is 0 Å². The Hall–Kier alpha value is -3.20. The van der Waals surface area contributed by atoms with Gasteiger partial charge in [0.25, 0.3) is 5.91 Å². The van der Waals surface area contributed by atoms with Gasteiger partial charge >= 0.3 is 0 Å². The Kier molecular flexibility index (Phi) is 5.07. The number of anilines is 2. The highest BCUT2D eigenvalue weighted by atomic mass is 32.2. The van der Waals surface area contributed by atoms with E-state index in [1.165, 1.54) is 16.4 Å². The number of rotatable bonds is 5. The lowest BCUT2D eigenvalue weighted by molar-refractivity contribution is -0.125. The Morgan fingerprint density at radius 1 is 1.32 bits per heavy atom. The Morgan fingerprint density at radius 2 is 2.14 bits per heavy atom. The van der Waals surface area contributed by atoms with Crippen molar-refractivity contribution in [2.75, 3.05) is 10.6 Å². The molecule has 2 N–H and O–H groups in total. The summed E-state index contributed by atoms with van der Waals surface area (Å²) in [5, 5.41) is 10.4. The fourth-order valence-electron chi connectivity index (χ4n) is 2.85. The molecule has 142 valence electrons. The molecule has 0 spiro atoms. The molecule has 8 nitrogen and oxygen atoms in total. The molecule has 1 aromatic carbocycles. The van der Waals surface area contributed by atoms with E-state index in [1.807, 2.05) is 43.3 Å².